The summed E-state index contributed by atoms with van der Waals surface area (Å²) < 4.78 is 5.74. The predicted molar refractivity (Wildman–Crippen MR) is 39.5 cm³/mol. The molecule has 0 aliphatic carbocycles. The first-order valence-electron chi connectivity index (χ1n) is 3.34. The second-order valence-electron chi connectivity index (χ2n) is 2.14. The van der Waals surface area contributed by atoms with Crippen LogP contribution in [0.3, 0.4) is 0 Å². The maximum absolute atomic E-state index is 11.1. The summed E-state index contributed by atoms with van der Waals surface area (Å²) >= 11 is 0. The zero-order valence-corrected chi connectivity index (χ0v) is 6.56. The summed E-state index contributed by atoms with van der Waals surface area (Å²) in [5, 5.41) is 0. The summed E-state index contributed by atoms with van der Waals surface area (Å²) in [5.74, 6) is -0.786. The van der Waals surface area contributed by atoms with Gasteiger partial charge in [-0.15, -0.1) is 0 Å². The van der Waals surface area contributed by atoms with Crippen LogP contribution in [0.2, 0.25) is 0 Å². The summed E-state index contributed by atoms with van der Waals surface area (Å²) in [6.07, 6.45) is 4.32. The van der Waals surface area contributed by atoms with Gasteiger partial charge in [-0.05, 0) is 0 Å². The zero-order chi connectivity index (χ0) is 8.97. The van der Waals surface area contributed by atoms with Gasteiger partial charge in [-0.3, -0.25) is 14.2 Å². The molecule has 5 heteroatoms. The van der Waals surface area contributed by atoms with Crippen molar-refractivity contribution < 1.29 is 14.3 Å². The fourth-order valence-electron chi connectivity index (χ4n) is 0.645. The van der Waals surface area contributed by atoms with Crippen molar-refractivity contribution in [2.24, 2.45) is 0 Å². The van der Waals surface area contributed by atoms with Crippen molar-refractivity contribution in [3.8, 4) is 0 Å². The van der Waals surface area contributed by atoms with Crippen LogP contribution in [0.15, 0.2) is 18.7 Å². The van der Waals surface area contributed by atoms with Crippen LogP contribution in [0, 0.1) is 0 Å². The normalized spacial score (nSPS) is 9.42. The molecule has 0 unspecified atom stereocenters. The van der Waals surface area contributed by atoms with Crippen molar-refractivity contribution in [1.29, 1.82) is 0 Å². The van der Waals surface area contributed by atoms with E-state index in [2.05, 4.69) is 9.72 Å². The topological polar surface area (TPSA) is 61.2 Å². The first-order valence-corrected chi connectivity index (χ1v) is 3.34. The molecule has 1 heterocycles. The average Bonchev–Trinajstić information content (AvgIpc) is 2.51. The number of carbonyl (C=O) groups is 2. The molecule has 12 heavy (non-hydrogen) atoms. The standard InChI is InChI=1S/C7H8N2O3/c1-6(10)12-4-7(11)9-3-2-8-5-9/h2-3,5H,4H2,1H3. The molecule has 0 aromatic carbocycles. The molecule has 0 bridgehead atoms. The molecule has 1 rings (SSSR count). The fourth-order valence-corrected chi connectivity index (χ4v) is 0.645. The molecule has 1 aromatic heterocycles. The molecule has 0 saturated carbocycles. The van der Waals surface area contributed by atoms with Crippen molar-refractivity contribution in [2.45, 2.75) is 6.92 Å². The van der Waals surface area contributed by atoms with E-state index < -0.39 is 5.97 Å². The SMILES string of the molecule is CC(=O)OCC(=O)n1ccnc1. The van der Waals surface area contributed by atoms with Gasteiger partial charge in [0.25, 0.3) is 5.91 Å². The van der Waals surface area contributed by atoms with Gasteiger partial charge in [0.1, 0.15) is 6.33 Å². The molecule has 0 fully saturated rings. The quantitative estimate of drug-likeness (QED) is 0.587. The van der Waals surface area contributed by atoms with Crippen molar-refractivity contribution in [1.82, 2.24) is 9.55 Å². The second-order valence-corrected chi connectivity index (χ2v) is 2.14. The zero-order valence-electron chi connectivity index (χ0n) is 6.56. The molecular formula is C7H8N2O3. The minimum absolute atomic E-state index is 0.244. The van der Waals surface area contributed by atoms with Gasteiger partial charge in [-0.1, -0.05) is 0 Å². The third-order valence-corrected chi connectivity index (χ3v) is 1.19. The van der Waals surface area contributed by atoms with E-state index in [9.17, 15) is 9.59 Å². The number of aromatic nitrogens is 2. The Kier molecular flexibility index (Phi) is 2.57. The molecule has 0 spiro atoms. The van der Waals surface area contributed by atoms with Crippen LogP contribution in [0.5, 0.6) is 0 Å². The number of hydrogen-bond acceptors (Lipinski definition) is 4. The molecule has 5 nitrogen and oxygen atoms in total. The number of carbonyl (C=O) groups excluding carboxylic acids is 2. The maximum Gasteiger partial charge on any atom is 0.303 e. The number of nitrogens with zero attached hydrogens (tertiary/aromatic N) is 2. The molecule has 1 aromatic rings. The van der Waals surface area contributed by atoms with E-state index in [0.29, 0.717) is 0 Å². The third-order valence-electron chi connectivity index (χ3n) is 1.19. The minimum atomic E-state index is -0.469. The summed E-state index contributed by atoms with van der Waals surface area (Å²) in [4.78, 5) is 25.0. The molecule has 64 valence electrons. The predicted octanol–water partition coefficient (Wildman–Crippen LogP) is 0.0864. The Bertz CT molecular complexity index is 279. The number of rotatable bonds is 2. The van der Waals surface area contributed by atoms with E-state index in [-0.39, 0.29) is 12.5 Å². The Morgan fingerprint density at radius 3 is 2.83 bits per heavy atom. The van der Waals surface area contributed by atoms with Gasteiger partial charge in [0.2, 0.25) is 0 Å². The van der Waals surface area contributed by atoms with Gasteiger partial charge in [0.05, 0.1) is 0 Å². The highest BCUT2D eigenvalue weighted by Gasteiger charge is 2.04. The van der Waals surface area contributed by atoms with Crippen LogP contribution in [-0.2, 0) is 9.53 Å². The Hall–Kier alpha value is -1.65. The lowest BCUT2D eigenvalue weighted by molar-refractivity contribution is -0.139. The van der Waals surface area contributed by atoms with E-state index in [1.165, 1.54) is 30.2 Å². The van der Waals surface area contributed by atoms with Gasteiger partial charge in [0, 0.05) is 19.3 Å². The van der Waals surface area contributed by atoms with Crippen molar-refractivity contribution in [3.63, 3.8) is 0 Å². The highest BCUT2D eigenvalue weighted by molar-refractivity contribution is 5.81. The lowest BCUT2D eigenvalue weighted by Crippen LogP contribution is -2.17. The van der Waals surface area contributed by atoms with Gasteiger partial charge in [-0.2, -0.15) is 0 Å². The molecule has 0 atom stereocenters. The number of imidazole rings is 1. The van der Waals surface area contributed by atoms with Crippen LogP contribution in [-0.4, -0.2) is 28.0 Å². The average molecular weight is 168 g/mol. The van der Waals surface area contributed by atoms with Crippen LogP contribution < -0.4 is 0 Å². The molecule has 0 saturated heterocycles. The molecule has 0 amide bonds. The highest BCUT2D eigenvalue weighted by Crippen LogP contribution is 1.87. The summed E-state index contributed by atoms with van der Waals surface area (Å²) in [6, 6.07) is 0. The lowest BCUT2D eigenvalue weighted by atomic mass is 10.6. The van der Waals surface area contributed by atoms with Gasteiger partial charge in [0.15, 0.2) is 6.61 Å². The fraction of sp³-hybridized carbons (Fsp3) is 0.286. The van der Waals surface area contributed by atoms with Crippen LogP contribution in [0.4, 0.5) is 0 Å². The summed E-state index contributed by atoms with van der Waals surface area (Å²) in [5.41, 5.74) is 0. The largest absolute Gasteiger partial charge is 0.456 e. The molecule has 0 N–H and O–H groups in total. The van der Waals surface area contributed by atoms with E-state index in [1.807, 2.05) is 0 Å². The van der Waals surface area contributed by atoms with E-state index >= 15 is 0 Å². The van der Waals surface area contributed by atoms with Crippen LogP contribution >= 0.6 is 0 Å². The van der Waals surface area contributed by atoms with Crippen molar-refractivity contribution in [2.75, 3.05) is 6.61 Å². The maximum atomic E-state index is 11.1. The van der Waals surface area contributed by atoms with E-state index in [4.69, 9.17) is 0 Å². The Balaban J connectivity index is 2.45. The van der Waals surface area contributed by atoms with Gasteiger partial charge >= 0.3 is 5.97 Å². The van der Waals surface area contributed by atoms with Gasteiger partial charge < -0.3 is 4.74 Å². The summed E-state index contributed by atoms with van der Waals surface area (Å²) in [7, 11) is 0. The number of hydrogen-bond donors (Lipinski definition) is 0. The smallest absolute Gasteiger partial charge is 0.303 e. The molecular weight excluding hydrogens is 160 g/mol. The third kappa shape index (κ3) is 2.19. The molecule has 0 aliphatic heterocycles. The monoisotopic (exact) mass is 168 g/mol. The lowest BCUT2D eigenvalue weighted by Gasteiger charge is -2.00. The Morgan fingerprint density at radius 1 is 1.58 bits per heavy atom. The second kappa shape index (κ2) is 3.66. The molecule has 0 aliphatic rings. The number of esters is 1. The van der Waals surface area contributed by atoms with Gasteiger partial charge in [-0.25, -0.2) is 4.98 Å². The number of ether oxygens (including phenoxy) is 1. The Morgan fingerprint density at radius 2 is 2.33 bits per heavy atom. The van der Waals surface area contributed by atoms with E-state index in [0.717, 1.165) is 0 Å². The minimum Gasteiger partial charge on any atom is -0.456 e. The first kappa shape index (κ1) is 8.45. The Labute approximate surface area is 69.0 Å². The molecule has 0 radical (unpaired) electrons. The van der Waals surface area contributed by atoms with Crippen LogP contribution in [0.1, 0.15) is 11.7 Å². The van der Waals surface area contributed by atoms with E-state index in [1.54, 1.807) is 0 Å². The van der Waals surface area contributed by atoms with Crippen LogP contribution in [0.25, 0.3) is 0 Å². The summed E-state index contributed by atoms with van der Waals surface area (Å²) in [6.45, 7) is 1.01. The highest BCUT2D eigenvalue weighted by atomic mass is 16.5. The first-order chi connectivity index (χ1) is 5.70. The van der Waals surface area contributed by atoms with Crippen molar-refractivity contribution in [3.05, 3.63) is 18.7 Å². The van der Waals surface area contributed by atoms with Crippen molar-refractivity contribution >= 4 is 11.9 Å².